The van der Waals surface area contributed by atoms with Crippen molar-refractivity contribution in [1.82, 2.24) is 0 Å². The molecule has 1 aromatic carbocycles. The van der Waals surface area contributed by atoms with Crippen molar-refractivity contribution in [2.24, 2.45) is 17.8 Å². The number of anilines is 1. The monoisotopic (exact) mass is 263 g/mol. The predicted octanol–water partition coefficient (Wildman–Crippen LogP) is 3.80. The summed E-state index contributed by atoms with van der Waals surface area (Å²) >= 11 is 5.74. The highest BCUT2D eigenvalue weighted by Gasteiger charge is 2.42. The third-order valence-electron chi connectivity index (χ3n) is 4.45. The Bertz CT molecular complexity index is 442. The van der Waals surface area contributed by atoms with Gasteiger partial charge in [0.05, 0.1) is 0 Å². The standard InChI is InChI=1S/C15H18ClNO/c16-9-10-2-5-13(6-3-10)17-15(18)14-8-11-1-4-12(14)7-11/h2-3,5-6,11-12,14H,1,4,7-9H2,(H,17,18). The second-order valence-corrected chi connectivity index (χ2v) is 5.87. The maximum absolute atomic E-state index is 12.2. The van der Waals surface area contributed by atoms with Gasteiger partial charge in [-0.3, -0.25) is 4.79 Å². The van der Waals surface area contributed by atoms with Crippen molar-refractivity contribution in [2.45, 2.75) is 31.6 Å². The molecule has 0 aliphatic heterocycles. The molecule has 2 aliphatic carbocycles. The van der Waals surface area contributed by atoms with Gasteiger partial charge in [-0.2, -0.15) is 0 Å². The lowest BCUT2D eigenvalue weighted by atomic mass is 9.88. The Morgan fingerprint density at radius 3 is 2.56 bits per heavy atom. The van der Waals surface area contributed by atoms with E-state index >= 15 is 0 Å². The van der Waals surface area contributed by atoms with E-state index in [0.29, 0.717) is 11.8 Å². The number of carbonyl (C=O) groups is 1. The molecule has 2 fully saturated rings. The molecule has 0 aromatic heterocycles. The molecule has 2 aliphatic rings. The Hall–Kier alpha value is -1.02. The van der Waals surface area contributed by atoms with Gasteiger partial charge >= 0.3 is 0 Å². The van der Waals surface area contributed by atoms with Crippen molar-refractivity contribution >= 4 is 23.2 Å². The summed E-state index contributed by atoms with van der Waals surface area (Å²) in [5, 5.41) is 3.04. The minimum absolute atomic E-state index is 0.209. The van der Waals surface area contributed by atoms with Crippen LogP contribution in [0.25, 0.3) is 0 Å². The number of halogens is 1. The molecular weight excluding hydrogens is 246 g/mol. The van der Waals surface area contributed by atoms with Gasteiger partial charge in [0, 0.05) is 17.5 Å². The van der Waals surface area contributed by atoms with Crippen LogP contribution in [0.3, 0.4) is 0 Å². The van der Waals surface area contributed by atoms with Crippen LogP contribution in [0.5, 0.6) is 0 Å². The number of amides is 1. The van der Waals surface area contributed by atoms with Crippen LogP contribution in [0, 0.1) is 17.8 Å². The maximum Gasteiger partial charge on any atom is 0.227 e. The van der Waals surface area contributed by atoms with Crippen molar-refractivity contribution in [3.05, 3.63) is 29.8 Å². The summed E-state index contributed by atoms with van der Waals surface area (Å²) in [5.41, 5.74) is 1.96. The zero-order valence-corrected chi connectivity index (χ0v) is 11.1. The zero-order chi connectivity index (χ0) is 12.5. The normalized spacial score (nSPS) is 29.5. The molecule has 2 saturated carbocycles. The highest BCUT2D eigenvalue weighted by atomic mass is 35.5. The molecule has 2 nitrogen and oxygen atoms in total. The van der Waals surface area contributed by atoms with Gasteiger partial charge in [0.1, 0.15) is 0 Å². The van der Waals surface area contributed by atoms with Crippen LogP contribution in [-0.4, -0.2) is 5.91 Å². The first-order chi connectivity index (χ1) is 8.76. The van der Waals surface area contributed by atoms with Crippen molar-refractivity contribution in [3.63, 3.8) is 0 Å². The quantitative estimate of drug-likeness (QED) is 0.826. The van der Waals surface area contributed by atoms with E-state index in [-0.39, 0.29) is 11.8 Å². The van der Waals surface area contributed by atoms with E-state index in [1.165, 1.54) is 19.3 Å². The molecule has 0 radical (unpaired) electrons. The molecule has 1 amide bonds. The van der Waals surface area contributed by atoms with E-state index in [2.05, 4.69) is 5.32 Å². The molecule has 0 heterocycles. The van der Waals surface area contributed by atoms with E-state index in [1.807, 2.05) is 24.3 Å². The van der Waals surface area contributed by atoms with Crippen molar-refractivity contribution < 1.29 is 4.79 Å². The zero-order valence-electron chi connectivity index (χ0n) is 10.4. The second-order valence-electron chi connectivity index (χ2n) is 5.60. The van der Waals surface area contributed by atoms with Gasteiger partial charge in [-0.1, -0.05) is 18.6 Å². The third kappa shape index (κ3) is 2.26. The number of hydrogen-bond donors (Lipinski definition) is 1. The summed E-state index contributed by atoms with van der Waals surface area (Å²) in [6.07, 6.45) is 4.94. The van der Waals surface area contributed by atoms with Gasteiger partial charge in [0.15, 0.2) is 0 Å². The van der Waals surface area contributed by atoms with Crippen LogP contribution < -0.4 is 5.32 Å². The van der Waals surface area contributed by atoms with Gasteiger partial charge in [-0.25, -0.2) is 0 Å². The minimum Gasteiger partial charge on any atom is -0.326 e. The predicted molar refractivity (Wildman–Crippen MR) is 73.6 cm³/mol. The van der Waals surface area contributed by atoms with Gasteiger partial charge in [-0.15, -0.1) is 11.6 Å². The average molecular weight is 264 g/mol. The van der Waals surface area contributed by atoms with Gasteiger partial charge in [-0.05, 0) is 48.8 Å². The summed E-state index contributed by atoms with van der Waals surface area (Å²) < 4.78 is 0. The second kappa shape index (κ2) is 4.93. The Balaban J connectivity index is 1.63. The molecule has 18 heavy (non-hydrogen) atoms. The number of benzene rings is 1. The first-order valence-electron chi connectivity index (χ1n) is 6.72. The van der Waals surface area contributed by atoms with Gasteiger partial charge in [0.25, 0.3) is 0 Å². The molecule has 0 spiro atoms. The molecule has 1 N–H and O–H groups in total. The fourth-order valence-electron chi connectivity index (χ4n) is 3.48. The Morgan fingerprint density at radius 2 is 2.00 bits per heavy atom. The fraction of sp³-hybridized carbons (Fsp3) is 0.533. The first kappa shape index (κ1) is 12.0. The number of carbonyl (C=O) groups excluding carboxylic acids is 1. The summed E-state index contributed by atoms with van der Waals surface area (Å²) in [6.45, 7) is 0. The first-order valence-corrected chi connectivity index (χ1v) is 7.25. The molecule has 0 saturated heterocycles. The van der Waals surface area contributed by atoms with Crippen molar-refractivity contribution in [1.29, 1.82) is 0 Å². The van der Waals surface area contributed by atoms with E-state index in [4.69, 9.17) is 11.6 Å². The molecule has 3 unspecified atom stereocenters. The van der Waals surface area contributed by atoms with Crippen LogP contribution in [-0.2, 0) is 10.7 Å². The van der Waals surface area contributed by atoms with Crippen LogP contribution in [0.15, 0.2) is 24.3 Å². The summed E-state index contributed by atoms with van der Waals surface area (Å²) in [7, 11) is 0. The number of nitrogens with one attached hydrogen (secondary N) is 1. The summed E-state index contributed by atoms with van der Waals surface area (Å²) in [4.78, 5) is 12.2. The number of alkyl halides is 1. The number of hydrogen-bond acceptors (Lipinski definition) is 1. The van der Waals surface area contributed by atoms with Gasteiger partial charge < -0.3 is 5.32 Å². The van der Waals surface area contributed by atoms with Crippen LogP contribution in [0.2, 0.25) is 0 Å². The number of fused-ring (bicyclic) bond motifs is 2. The minimum atomic E-state index is 0.209. The number of rotatable bonds is 3. The average Bonchev–Trinajstić information content (AvgIpc) is 3.02. The maximum atomic E-state index is 12.2. The van der Waals surface area contributed by atoms with E-state index in [1.54, 1.807) is 0 Å². The third-order valence-corrected chi connectivity index (χ3v) is 4.76. The molecular formula is C15H18ClNO. The topological polar surface area (TPSA) is 29.1 Å². The van der Waals surface area contributed by atoms with Crippen LogP contribution in [0.1, 0.15) is 31.2 Å². The summed E-state index contributed by atoms with van der Waals surface area (Å²) in [6, 6.07) is 7.79. The fourth-order valence-corrected chi connectivity index (χ4v) is 3.66. The molecule has 3 rings (SSSR count). The Morgan fingerprint density at radius 1 is 1.22 bits per heavy atom. The molecule has 1 aromatic rings. The van der Waals surface area contributed by atoms with Crippen molar-refractivity contribution in [3.8, 4) is 0 Å². The lowest BCUT2D eigenvalue weighted by Gasteiger charge is -2.20. The highest BCUT2D eigenvalue weighted by Crippen LogP contribution is 2.48. The lowest BCUT2D eigenvalue weighted by molar-refractivity contribution is -0.121. The van der Waals surface area contributed by atoms with E-state index in [0.717, 1.165) is 23.6 Å². The van der Waals surface area contributed by atoms with E-state index < -0.39 is 0 Å². The molecule has 3 atom stereocenters. The SMILES string of the molecule is O=C(Nc1ccc(CCl)cc1)C1CC2CCC1C2. The van der Waals surface area contributed by atoms with Crippen LogP contribution in [0.4, 0.5) is 5.69 Å². The smallest absolute Gasteiger partial charge is 0.227 e. The molecule has 2 bridgehead atoms. The Labute approximate surface area is 113 Å². The van der Waals surface area contributed by atoms with Crippen LogP contribution >= 0.6 is 11.6 Å². The Kier molecular flexibility index (Phi) is 3.29. The summed E-state index contributed by atoms with van der Waals surface area (Å²) in [5.74, 6) is 2.42. The molecule has 3 heteroatoms. The lowest BCUT2D eigenvalue weighted by Crippen LogP contribution is -2.27. The van der Waals surface area contributed by atoms with Gasteiger partial charge in [0.2, 0.25) is 5.91 Å². The van der Waals surface area contributed by atoms with Crippen molar-refractivity contribution in [2.75, 3.05) is 5.32 Å². The van der Waals surface area contributed by atoms with E-state index in [9.17, 15) is 4.79 Å². The largest absolute Gasteiger partial charge is 0.326 e. The molecule has 96 valence electrons. The highest BCUT2D eigenvalue weighted by molar-refractivity contribution is 6.17.